The monoisotopic (exact) mass is 363 g/mol. The van der Waals surface area contributed by atoms with Crippen LogP contribution >= 0.6 is 0 Å². The van der Waals surface area contributed by atoms with Gasteiger partial charge in [-0.15, -0.1) is 0 Å². The van der Waals surface area contributed by atoms with E-state index in [1.807, 2.05) is 24.3 Å². The molecular formula is C21H21N3O3. The van der Waals surface area contributed by atoms with E-state index in [9.17, 15) is 4.79 Å². The summed E-state index contributed by atoms with van der Waals surface area (Å²) in [6.07, 6.45) is 1.60. The number of hydrogen-bond acceptors (Lipinski definition) is 5. The van der Waals surface area contributed by atoms with Crippen LogP contribution in [0.15, 0.2) is 66.9 Å². The van der Waals surface area contributed by atoms with Gasteiger partial charge < -0.3 is 20.1 Å². The molecule has 1 heterocycles. The molecule has 0 spiro atoms. The van der Waals surface area contributed by atoms with Crippen molar-refractivity contribution in [3.05, 3.63) is 78.0 Å². The molecule has 0 saturated heterocycles. The largest absolute Gasteiger partial charge is 0.497 e. The topological polar surface area (TPSA) is 72.5 Å². The molecule has 0 aliphatic rings. The fourth-order valence-corrected chi connectivity index (χ4v) is 2.58. The maximum atomic E-state index is 12.5. The number of pyridine rings is 1. The van der Waals surface area contributed by atoms with Crippen molar-refractivity contribution in [2.75, 3.05) is 24.9 Å². The summed E-state index contributed by atoms with van der Waals surface area (Å²) in [6, 6.07) is 18.3. The summed E-state index contributed by atoms with van der Waals surface area (Å²) in [4.78, 5) is 16.8. The van der Waals surface area contributed by atoms with Crippen molar-refractivity contribution in [1.82, 2.24) is 4.98 Å². The van der Waals surface area contributed by atoms with Gasteiger partial charge in [-0.3, -0.25) is 4.79 Å². The van der Waals surface area contributed by atoms with Crippen LogP contribution in [-0.2, 0) is 6.54 Å². The smallest absolute Gasteiger partial charge is 0.255 e. The number of ether oxygens (including phenoxy) is 2. The molecule has 3 rings (SSSR count). The van der Waals surface area contributed by atoms with Crippen LogP contribution in [0.25, 0.3) is 0 Å². The van der Waals surface area contributed by atoms with Crippen molar-refractivity contribution in [2.24, 2.45) is 0 Å². The van der Waals surface area contributed by atoms with Crippen molar-refractivity contribution in [3.8, 4) is 11.5 Å². The molecule has 0 unspecified atom stereocenters. The Morgan fingerprint density at radius 2 is 1.78 bits per heavy atom. The predicted molar refractivity (Wildman–Crippen MR) is 106 cm³/mol. The van der Waals surface area contributed by atoms with Crippen LogP contribution in [0.4, 0.5) is 11.5 Å². The number of methoxy groups -OCH3 is 2. The molecule has 0 fully saturated rings. The third-order valence-corrected chi connectivity index (χ3v) is 4.02. The number of rotatable bonds is 7. The number of para-hydroxylation sites is 1. The molecule has 6 nitrogen and oxygen atoms in total. The highest BCUT2D eigenvalue weighted by atomic mass is 16.5. The van der Waals surface area contributed by atoms with Gasteiger partial charge in [-0.1, -0.05) is 18.2 Å². The highest BCUT2D eigenvalue weighted by Gasteiger charge is 2.08. The summed E-state index contributed by atoms with van der Waals surface area (Å²) in [5, 5.41) is 6.08. The molecule has 27 heavy (non-hydrogen) atoms. The molecule has 3 aromatic rings. The number of benzene rings is 2. The maximum Gasteiger partial charge on any atom is 0.255 e. The van der Waals surface area contributed by atoms with Gasteiger partial charge in [0.2, 0.25) is 0 Å². The second kappa shape index (κ2) is 8.71. The summed E-state index contributed by atoms with van der Waals surface area (Å²) in [5.41, 5.74) is 2.22. The Hall–Kier alpha value is -3.54. The number of carbonyl (C=O) groups is 1. The Morgan fingerprint density at radius 3 is 2.52 bits per heavy atom. The number of hydrogen-bond donors (Lipinski definition) is 2. The zero-order valence-corrected chi connectivity index (χ0v) is 15.2. The molecule has 2 N–H and O–H groups in total. The van der Waals surface area contributed by atoms with Crippen LogP contribution in [0, 0.1) is 0 Å². The van der Waals surface area contributed by atoms with E-state index in [2.05, 4.69) is 15.6 Å². The summed E-state index contributed by atoms with van der Waals surface area (Å²) < 4.78 is 10.5. The first-order chi connectivity index (χ1) is 13.2. The van der Waals surface area contributed by atoms with E-state index in [0.29, 0.717) is 23.6 Å². The van der Waals surface area contributed by atoms with Crippen LogP contribution in [0.5, 0.6) is 11.5 Å². The lowest BCUT2D eigenvalue weighted by molar-refractivity contribution is 0.102. The van der Waals surface area contributed by atoms with Crippen molar-refractivity contribution in [3.63, 3.8) is 0 Å². The second-order valence-electron chi connectivity index (χ2n) is 5.78. The van der Waals surface area contributed by atoms with Crippen LogP contribution in [0.3, 0.4) is 0 Å². The Bertz CT molecular complexity index is 911. The summed E-state index contributed by atoms with van der Waals surface area (Å²) >= 11 is 0. The minimum Gasteiger partial charge on any atom is -0.497 e. The average Bonchev–Trinajstić information content (AvgIpc) is 2.73. The molecular weight excluding hydrogens is 342 g/mol. The first-order valence-electron chi connectivity index (χ1n) is 8.47. The quantitative estimate of drug-likeness (QED) is 0.665. The minimum atomic E-state index is -0.206. The first-order valence-corrected chi connectivity index (χ1v) is 8.47. The first kappa shape index (κ1) is 18.3. The standard InChI is InChI=1S/C21H21N3O3/c1-26-18-9-7-17(8-10-18)24-21(25)15-11-12-22-20(13-15)23-14-16-5-3-4-6-19(16)27-2/h3-13H,14H2,1-2H3,(H,22,23)(H,24,25). The SMILES string of the molecule is COc1ccc(NC(=O)c2ccnc(NCc3ccccc3OC)c2)cc1. The van der Waals surface area contributed by atoms with Gasteiger partial charge >= 0.3 is 0 Å². The molecule has 6 heteroatoms. The van der Waals surface area contributed by atoms with Crippen molar-refractivity contribution < 1.29 is 14.3 Å². The third kappa shape index (κ3) is 4.76. The Labute approximate surface area is 158 Å². The number of carbonyl (C=O) groups excluding carboxylic acids is 1. The predicted octanol–water partition coefficient (Wildman–Crippen LogP) is 3.96. The molecule has 1 amide bonds. The van der Waals surface area contributed by atoms with Gasteiger partial charge in [0.25, 0.3) is 5.91 Å². The van der Waals surface area contributed by atoms with Crippen molar-refractivity contribution in [2.45, 2.75) is 6.54 Å². The third-order valence-electron chi connectivity index (χ3n) is 4.02. The van der Waals surface area contributed by atoms with E-state index in [4.69, 9.17) is 9.47 Å². The number of anilines is 2. The average molecular weight is 363 g/mol. The fourth-order valence-electron chi connectivity index (χ4n) is 2.58. The molecule has 1 aromatic heterocycles. The van der Waals surface area contributed by atoms with Gasteiger partial charge in [0.1, 0.15) is 17.3 Å². The van der Waals surface area contributed by atoms with E-state index >= 15 is 0 Å². The highest BCUT2D eigenvalue weighted by molar-refractivity contribution is 6.04. The molecule has 0 aliphatic carbocycles. The lowest BCUT2D eigenvalue weighted by Crippen LogP contribution is -2.12. The number of aromatic nitrogens is 1. The fraction of sp³-hybridized carbons (Fsp3) is 0.143. The lowest BCUT2D eigenvalue weighted by atomic mass is 10.2. The van der Waals surface area contributed by atoms with E-state index in [0.717, 1.165) is 17.1 Å². The van der Waals surface area contributed by atoms with Gasteiger partial charge in [0.05, 0.1) is 14.2 Å². The van der Waals surface area contributed by atoms with Gasteiger partial charge in [-0.2, -0.15) is 0 Å². The lowest BCUT2D eigenvalue weighted by Gasteiger charge is -2.11. The normalized spacial score (nSPS) is 10.1. The highest BCUT2D eigenvalue weighted by Crippen LogP contribution is 2.19. The number of nitrogens with one attached hydrogen (secondary N) is 2. The Kier molecular flexibility index (Phi) is 5.89. The Morgan fingerprint density at radius 1 is 1.00 bits per heavy atom. The molecule has 0 aliphatic heterocycles. The zero-order valence-electron chi connectivity index (χ0n) is 15.2. The van der Waals surface area contributed by atoms with Gasteiger partial charge in [-0.25, -0.2) is 4.98 Å². The Balaban J connectivity index is 1.66. The molecule has 0 bridgehead atoms. The number of nitrogens with zero attached hydrogens (tertiary/aromatic N) is 1. The van der Waals surface area contributed by atoms with E-state index in [-0.39, 0.29) is 5.91 Å². The zero-order chi connectivity index (χ0) is 19.1. The van der Waals surface area contributed by atoms with Gasteiger partial charge in [0, 0.05) is 29.6 Å². The van der Waals surface area contributed by atoms with E-state index < -0.39 is 0 Å². The van der Waals surface area contributed by atoms with E-state index in [1.54, 1.807) is 56.8 Å². The van der Waals surface area contributed by atoms with Crippen molar-refractivity contribution >= 4 is 17.4 Å². The second-order valence-corrected chi connectivity index (χ2v) is 5.78. The van der Waals surface area contributed by atoms with Crippen LogP contribution in [0.1, 0.15) is 15.9 Å². The van der Waals surface area contributed by atoms with Gasteiger partial charge in [-0.05, 0) is 42.5 Å². The maximum absolute atomic E-state index is 12.5. The van der Waals surface area contributed by atoms with Crippen LogP contribution in [-0.4, -0.2) is 25.1 Å². The molecule has 2 aromatic carbocycles. The number of amides is 1. The van der Waals surface area contributed by atoms with E-state index in [1.165, 1.54) is 0 Å². The minimum absolute atomic E-state index is 0.206. The summed E-state index contributed by atoms with van der Waals surface area (Å²) in [6.45, 7) is 0.542. The van der Waals surface area contributed by atoms with Gasteiger partial charge in [0.15, 0.2) is 0 Å². The van der Waals surface area contributed by atoms with Crippen molar-refractivity contribution in [1.29, 1.82) is 0 Å². The summed E-state index contributed by atoms with van der Waals surface area (Å²) in [7, 11) is 3.24. The molecule has 0 radical (unpaired) electrons. The molecule has 138 valence electrons. The van der Waals surface area contributed by atoms with Crippen LogP contribution < -0.4 is 20.1 Å². The molecule has 0 saturated carbocycles. The molecule has 0 atom stereocenters. The van der Waals surface area contributed by atoms with Crippen LogP contribution in [0.2, 0.25) is 0 Å². The summed E-state index contributed by atoms with van der Waals surface area (Å²) in [5.74, 6) is 1.95.